The van der Waals surface area contributed by atoms with Crippen molar-refractivity contribution < 1.29 is 14.6 Å². The Labute approximate surface area is 115 Å². The second-order valence-corrected chi connectivity index (χ2v) is 4.73. The quantitative estimate of drug-likeness (QED) is 0.807. The number of carbonyl (C=O) groups excluding carboxylic acids is 1. The summed E-state index contributed by atoms with van der Waals surface area (Å²) >= 11 is 0. The van der Waals surface area contributed by atoms with Crippen LogP contribution in [0.1, 0.15) is 18.1 Å². The first-order chi connectivity index (χ1) is 9.06. The molecule has 106 valence electrons. The van der Waals surface area contributed by atoms with E-state index < -0.39 is 6.10 Å². The molecule has 1 rings (SSSR count). The van der Waals surface area contributed by atoms with Crippen LogP contribution in [0.4, 0.5) is 0 Å². The maximum Gasteiger partial charge on any atom is 0.226 e. The van der Waals surface area contributed by atoms with Crippen molar-refractivity contribution in [3.05, 3.63) is 35.4 Å². The Morgan fingerprint density at radius 1 is 1.42 bits per heavy atom. The Balaban J connectivity index is 2.53. The van der Waals surface area contributed by atoms with E-state index in [0.29, 0.717) is 13.0 Å². The molecule has 1 atom stereocenters. The lowest BCUT2D eigenvalue weighted by molar-refractivity contribution is -0.130. The number of amides is 1. The van der Waals surface area contributed by atoms with Crippen molar-refractivity contribution >= 4 is 5.91 Å². The first-order valence-electron chi connectivity index (χ1n) is 6.55. The van der Waals surface area contributed by atoms with Crippen LogP contribution in [-0.4, -0.2) is 49.3 Å². The first kappa shape index (κ1) is 15.7. The summed E-state index contributed by atoms with van der Waals surface area (Å²) in [6, 6.07) is 8.04. The van der Waals surface area contributed by atoms with Crippen LogP contribution in [0.3, 0.4) is 0 Å². The monoisotopic (exact) mass is 265 g/mol. The molecular formula is C15H23NO3. The Hall–Kier alpha value is -1.39. The SMILES string of the molecule is CCc1cccc(CC(=O)N(C)CC(O)COC)c1. The molecule has 0 radical (unpaired) electrons. The third-order valence-corrected chi connectivity index (χ3v) is 3.02. The number of methoxy groups -OCH3 is 1. The highest BCUT2D eigenvalue weighted by molar-refractivity contribution is 5.78. The van der Waals surface area contributed by atoms with Crippen molar-refractivity contribution in [2.24, 2.45) is 0 Å². The van der Waals surface area contributed by atoms with Crippen LogP contribution < -0.4 is 0 Å². The minimum atomic E-state index is -0.638. The first-order valence-corrected chi connectivity index (χ1v) is 6.55. The van der Waals surface area contributed by atoms with Crippen molar-refractivity contribution in [2.45, 2.75) is 25.9 Å². The molecule has 0 aliphatic carbocycles. The fraction of sp³-hybridized carbons (Fsp3) is 0.533. The average molecular weight is 265 g/mol. The van der Waals surface area contributed by atoms with Gasteiger partial charge >= 0.3 is 0 Å². The van der Waals surface area contributed by atoms with Crippen molar-refractivity contribution in [3.63, 3.8) is 0 Å². The van der Waals surface area contributed by atoms with E-state index in [9.17, 15) is 9.90 Å². The number of likely N-dealkylation sites (N-methyl/N-ethyl adjacent to an activating group) is 1. The van der Waals surface area contributed by atoms with E-state index >= 15 is 0 Å². The minimum absolute atomic E-state index is 0.00315. The summed E-state index contributed by atoms with van der Waals surface area (Å²) in [6.45, 7) is 2.62. The van der Waals surface area contributed by atoms with Gasteiger partial charge in [0.2, 0.25) is 5.91 Å². The molecule has 0 saturated carbocycles. The molecule has 1 aromatic carbocycles. The predicted octanol–water partition coefficient (Wildman–Crippen LogP) is 1.26. The fourth-order valence-electron chi connectivity index (χ4n) is 1.93. The molecule has 0 saturated heterocycles. The number of hydrogen-bond acceptors (Lipinski definition) is 3. The minimum Gasteiger partial charge on any atom is -0.389 e. The van der Waals surface area contributed by atoms with E-state index in [1.54, 1.807) is 11.9 Å². The molecule has 0 bridgehead atoms. The zero-order chi connectivity index (χ0) is 14.3. The molecular weight excluding hydrogens is 242 g/mol. The second kappa shape index (κ2) is 7.92. The van der Waals surface area contributed by atoms with E-state index in [1.807, 2.05) is 12.1 Å². The van der Waals surface area contributed by atoms with Crippen LogP contribution in [0.15, 0.2) is 24.3 Å². The van der Waals surface area contributed by atoms with Gasteiger partial charge in [0.1, 0.15) is 0 Å². The van der Waals surface area contributed by atoms with Crippen molar-refractivity contribution in [1.82, 2.24) is 4.90 Å². The Morgan fingerprint density at radius 2 is 2.11 bits per heavy atom. The van der Waals surface area contributed by atoms with E-state index in [4.69, 9.17) is 4.74 Å². The average Bonchev–Trinajstić information content (AvgIpc) is 2.39. The lowest BCUT2D eigenvalue weighted by atomic mass is 10.1. The van der Waals surface area contributed by atoms with Crippen molar-refractivity contribution in [2.75, 3.05) is 27.3 Å². The lowest BCUT2D eigenvalue weighted by Gasteiger charge is -2.20. The number of ether oxygens (including phenoxy) is 1. The molecule has 0 aliphatic rings. The summed E-state index contributed by atoms with van der Waals surface area (Å²) in [5, 5.41) is 9.60. The van der Waals surface area contributed by atoms with Crippen LogP contribution in [0.5, 0.6) is 0 Å². The van der Waals surface area contributed by atoms with Gasteiger partial charge in [-0.15, -0.1) is 0 Å². The molecule has 0 aromatic heterocycles. The molecule has 19 heavy (non-hydrogen) atoms. The molecule has 1 N–H and O–H groups in total. The van der Waals surface area contributed by atoms with E-state index in [1.165, 1.54) is 12.7 Å². The third-order valence-electron chi connectivity index (χ3n) is 3.02. The molecule has 1 aromatic rings. The topological polar surface area (TPSA) is 49.8 Å². The van der Waals surface area contributed by atoms with E-state index in [-0.39, 0.29) is 12.5 Å². The largest absolute Gasteiger partial charge is 0.389 e. The van der Waals surface area contributed by atoms with Crippen molar-refractivity contribution in [3.8, 4) is 0 Å². The molecule has 4 heteroatoms. The van der Waals surface area contributed by atoms with Crippen LogP contribution in [0.2, 0.25) is 0 Å². The summed E-state index contributed by atoms with van der Waals surface area (Å²) in [5.41, 5.74) is 2.24. The molecule has 0 fully saturated rings. The highest BCUT2D eigenvalue weighted by Crippen LogP contribution is 2.08. The molecule has 1 amide bonds. The van der Waals surface area contributed by atoms with Gasteiger partial charge in [-0.3, -0.25) is 4.79 Å². The fourth-order valence-corrected chi connectivity index (χ4v) is 1.93. The Kier molecular flexibility index (Phi) is 6.53. The molecule has 4 nitrogen and oxygen atoms in total. The summed E-state index contributed by atoms with van der Waals surface area (Å²) in [4.78, 5) is 13.6. The number of aliphatic hydroxyl groups excluding tert-OH is 1. The summed E-state index contributed by atoms with van der Waals surface area (Å²) < 4.78 is 4.84. The van der Waals surface area contributed by atoms with Gasteiger partial charge in [-0.05, 0) is 17.5 Å². The molecule has 0 spiro atoms. The number of nitrogens with zero attached hydrogens (tertiary/aromatic N) is 1. The predicted molar refractivity (Wildman–Crippen MR) is 75.0 cm³/mol. The number of aryl methyl sites for hydroxylation is 1. The van der Waals surface area contributed by atoms with Crippen LogP contribution in [0.25, 0.3) is 0 Å². The smallest absolute Gasteiger partial charge is 0.226 e. The van der Waals surface area contributed by atoms with Gasteiger partial charge < -0.3 is 14.7 Å². The Morgan fingerprint density at radius 3 is 2.74 bits per heavy atom. The third kappa shape index (κ3) is 5.41. The molecule has 1 unspecified atom stereocenters. The zero-order valence-electron chi connectivity index (χ0n) is 11.9. The number of carbonyl (C=O) groups is 1. The van der Waals surface area contributed by atoms with Gasteiger partial charge in [0.05, 0.1) is 19.1 Å². The van der Waals surface area contributed by atoms with Crippen LogP contribution in [-0.2, 0) is 22.4 Å². The Bertz CT molecular complexity index is 406. The number of hydrogen-bond donors (Lipinski definition) is 1. The van der Waals surface area contributed by atoms with Gasteiger partial charge in [-0.1, -0.05) is 31.2 Å². The van der Waals surface area contributed by atoms with Crippen molar-refractivity contribution in [1.29, 1.82) is 0 Å². The lowest BCUT2D eigenvalue weighted by Crippen LogP contribution is -2.37. The maximum absolute atomic E-state index is 12.0. The van der Waals surface area contributed by atoms with E-state index in [2.05, 4.69) is 19.1 Å². The van der Waals surface area contributed by atoms with E-state index in [0.717, 1.165) is 12.0 Å². The zero-order valence-corrected chi connectivity index (χ0v) is 11.9. The molecule has 0 heterocycles. The number of rotatable bonds is 7. The van der Waals surface area contributed by atoms with Gasteiger partial charge in [-0.25, -0.2) is 0 Å². The van der Waals surface area contributed by atoms with Gasteiger partial charge in [0, 0.05) is 20.7 Å². The standard InChI is InChI=1S/C15H23NO3/c1-4-12-6-5-7-13(8-12)9-15(18)16(2)10-14(17)11-19-3/h5-8,14,17H,4,9-11H2,1-3H3. The maximum atomic E-state index is 12.0. The van der Waals surface area contributed by atoms with Gasteiger partial charge in [0.15, 0.2) is 0 Å². The van der Waals surface area contributed by atoms with Crippen LogP contribution >= 0.6 is 0 Å². The number of aliphatic hydroxyl groups is 1. The highest BCUT2D eigenvalue weighted by atomic mass is 16.5. The highest BCUT2D eigenvalue weighted by Gasteiger charge is 2.14. The normalized spacial score (nSPS) is 12.2. The van der Waals surface area contributed by atoms with Gasteiger partial charge in [-0.2, -0.15) is 0 Å². The summed E-state index contributed by atoms with van der Waals surface area (Å²) in [6.07, 6.45) is 0.690. The summed E-state index contributed by atoms with van der Waals surface area (Å²) in [5.74, 6) is 0.00315. The van der Waals surface area contributed by atoms with Crippen LogP contribution in [0, 0.1) is 0 Å². The second-order valence-electron chi connectivity index (χ2n) is 4.73. The molecule has 0 aliphatic heterocycles. The van der Waals surface area contributed by atoms with Gasteiger partial charge in [0.25, 0.3) is 0 Å². The summed E-state index contributed by atoms with van der Waals surface area (Å²) in [7, 11) is 3.23. The number of benzene rings is 1.